The summed E-state index contributed by atoms with van der Waals surface area (Å²) in [5.41, 5.74) is 0.807. The number of hydrogen-bond donors (Lipinski definition) is 1. The maximum absolute atomic E-state index is 6.14. The van der Waals surface area contributed by atoms with Crippen LogP contribution < -0.4 is 10.1 Å². The fraction of sp³-hybridized carbons (Fsp3) is 0.182. The van der Waals surface area contributed by atoms with Crippen molar-refractivity contribution in [1.82, 2.24) is 4.98 Å². The molecule has 1 aromatic heterocycles. The van der Waals surface area contributed by atoms with Crippen molar-refractivity contribution < 1.29 is 4.74 Å². The zero-order valence-electron chi connectivity index (χ0n) is 9.34. The zero-order chi connectivity index (χ0) is 13.1. The van der Waals surface area contributed by atoms with Crippen LogP contribution in [-0.2, 0) is 6.54 Å². The number of thiazole rings is 1. The van der Waals surface area contributed by atoms with Crippen LogP contribution in [0.2, 0.25) is 9.49 Å². The van der Waals surface area contributed by atoms with Crippen LogP contribution in [0.25, 0.3) is 0 Å². The van der Waals surface area contributed by atoms with Gasteiger partial charge in [-0.25, -0.2) is 4.98 Å². The molecule has 0 amide bonds. The van der Waals surface area contributed by atoms with Crippen LogP contribution in [0.1, 0.15) is 4.88 Å². The van der Waals surface area contributed by atoms with Gasteiger partial charge in [0.1, 0.15) is 5.75 Å². The highest BCUT2D eigenvalue weighted by atomic mass is 79.9. The number of nitrogens with zero attached hydrogens (tertiary/aromatic N) is 1. The van der Waals surface area contributed by atoms with Gasteiger partial charge in [-0.3, -0.25) is 0 Å². The minimum atomic E-state index is 0.534. The van der Waals surface area contributed by atoms with Crippen molar-refractivity contribution in [3.05, 3.63) is 37.2 Å². The van der Waals surface area contributed by atoms with E-state index >= 15 is 0 Å². The lowest BCUT2D eigenvalue weighted by atomic mass is 10.3. The maximum Gasteiger partial charge on any atom is 0.183 e. The molecule has 0 fully saturated rings. The Morgan fingerprint density at radius 1 is 1.44 bits per heavy atom. The van der Waals surface area contributed by atoms with Crippen LogP contribution in [0.5, 0.6) is 5.75 Å². The van der Waals surface area contributed by atoms with Gasteiger partial charge in [0.05, 0.1) is 28.8 Å². The second kappa shape index (κ2) is 6.10. The number of rotatable bonds is 4. The molecule has 0 saturated carbocycles. The van der Waals surface area contributed by atoms with E-state index in [0.29, 0.717) is 16.0 Å². The molecule has 7 heteroatoms. The van der Waals surface area contributed by atoms with Crippen LogP contribution in [0.4, 0.5) is 5.69 Å². The van der Waals surface area contributed by atoms with Crippen LogP contribution in [-0.4, -0.2) is 12.1 Å². The summed E-state index contributed by atoms with van der Waals surface area (Å²) in [7, 11) is 1.61. The molecule has 2 rings (SSSR count). The van der Waals surface area contributed by atoms with Crippen molar-refractivity contribution in [2.75, 3.05) is 12.4 Å². The maximum atomic E-state index is 6.14. The second-order valence-corrected chi connectivity index (χ2v) is 6.36. The number of methoxy groups -OCH3 is 1. The van der Waals surface area contributed by atoms with Gasteiger partial charge in [0, 0.05) is 17.1 Å². The summed E-state index contributed by atoms with van der Waals surface area (Å²) in [6, 6.07) is 3.64. The van der Waals surface area contributed by atoms with E-state index in [0.717, 1.165) is 20.8 Å². The molecule has 1 aromatic carbocycles. The highest BCUT2D eigenvalue weighted by Gasteiger charge is 2.08. The standard InChI is InChI=1S/C11H9BrCl2N2OS/c1-17-10-3-9(8(13)2-7(10)12)15-4-6-5-16-11(14)18-6/h2-3,5,15H,4H2,1H3. The van der Waals surface area contributed by atoms with Crippen molar-refractivity contribution in [3.8, 4) is 5.75 Å². The lowest BCUT2D eigenvalue weighted by Gasteiger charge is -2.10. The normalized spacial score (nSPS) is 10.4. The zero-order valence-corrected chi connectivity index (χ0v) is 13.3. The number of benzene rings is 1. The Kier molecular flexibility index (Phi) is 4.72. The summed E-state index contributed by atoms with van der Waals surface area (Å²) in [4.78, 5) is 5.02. The Labute approximate surface area is 127 Å². The molecule has 0 aliphatic rings. The van der Waals surface area contributed by atoms with Gasteiger partial charge in [-0.05, 0) is 22.0 Å². The molecule has 0 saturated heterocycles. The third kappa shape index (κ3) is 3.29. The van der Waals surface area contributed by atoms with Crippen LogP contribution in [0.3, 0.4) is 0 Å². The Hall–Kier alpha value is -0.490. The van der Waals surface area contributed by atoms with Gasteiger partial charge < -0.3 is 10.1 Å². The van der Waals surface area contributed by atoms with Gasteiger partial charge in [-0.1, -0.05) is 23.2 Å². The van der Waals surface area contributed by atoms with Gasteiger partial charge >= 0.3 is 0 Å². The molecule has 0 bridgehead atoms. The number of halogens is 3. The van der Waals surface area contributed by atoms with Crippen molar-refractivity contribution in [3.63, 3.8) is 0 Å². The van der Waals surface area contributed by atoms with Crippen molar-refractivity contribution in [2.24, 2.45) is 0 Å². The molecule has 96 valence electrons. The number of nitrogens with one attached hydrogen (secondary N) is 1. The van der Waals surface area contributed by atoms with E-state index in [9.17, 15) is 0 Å². The van der Waals surface area contributed by atoms with Gasteiger partial charge in [0.15, 0.2) is 4.47 Å². The van der Waals surface area contributed by atoms with E-state index in [1.54, 1.807) is 19.4 Å². The molecule has 2 aromatic rings. The van der Waals surface area contributed by atoms with Crippen molar-refractivity contribution >= 4 is 56.2 Å². The van der Waals surface area contributed by atoms with E-state index in [4.69, 9.17) is 27.9 Å². The molecule has 18 heavy (non-hydrogen) atoms. The molecular weight excluding hydrogens is 359 g/mol. The number of anilines is 1. The van der Waals surface area contributed by atoms with Crippen LogP contribution in [0.15, 0.2) is 22.8 Å². The Morgan fingerprint density at radius 2 is 2.22 bits per heavy atom. The van der Waals surface area contributed by atoms with E-state index in [-0.39, 0.29) is 0 Å². The molecule has 0 aliphatic carbocycles. The number of ether oxygens (including phenoxy) is 1. The lowest BCUT2D eigenvalue weighted by Crippen LogP contribution is -1.99. The predicted molar refractivity (Wildman–Crippen MR) is 80.2 cm³/mol. The van der Waals surface area contributed by atoms with Gasteiger partial charge in [0.2, 0.25) is 0 Å². The summed E-state index contributed by atoms with van der Waals surface area (Å²) in [6.45, 7) is 0.620. The van der Waals surface area contributed by atoms with E-state index in [1.807, 2.05) is 6.07 Å². The predicted octanol–water partition coefficient (Wildman–Crippen LogP) is 4.83. The second-order valence-electron chi connectivity index (χ2n) is 3.40. The quantitative estimate of drug-likeness (QED) is 0.839. The Morgan fingerprint density at radius 3 is 2.83 bits per heavy atom. The molecule has 1 N–H and O–H groups in total. The smallest absolute Gasteiger partial charge is 0.183 e. The molecule has 0 spiro atoms. The van der Waals surface area contributed by atoms with E-state index in [1.165, 1.54) is 11.3 Å². The summed E-state index contributed by atoms with van der Waals surface area (Å²) in [5.74, 6) is 0.726. The summed E-state index contributed by atoms with van der Waals surface area (Å²) in [5, 5.41) is 3.85. The highest BCUT2D eigenvalue weighted by molar-refractivity contribution is 9.10. The fourth-order valence-electron chi connectivity index (χ4n) is 1.37. The number of aromatic nitrogens is 1. The summed E-state index contributed by atoms with van der Waals surface area (Å²) >= 11 is 16.7. The molecule has 1 heterocycles. The van der Waals surface area contributed by atoms with Gasteiger partial charge in [-0.15, -0.1) is 11.3 Å². The van der Waals surface area contributed by atoms with Crippen molar-refractivity contribution in [1.29, 1.82) is 0 Å². The molecular formula is C11H9BrCl2N2OS. The first kappa shape index (κ1) is 13.9. The highest BCUT2D eigenvalue weighted by Crippen LogP contribution is 2.34. The first-order valence-electron chi connectivity index (χ1n) is 4.97. The Bertz CT molecular complexity index is 562. The molecule has 0 atom stereocenters. The molecule has 0 unspecified atom stereocenters. The topological polar surface area (TPSA) is 34.1 Å². The van der Waals surface area contributed by atoms with E-state index < -0.39 is 0 Å². The monoisotopic (exact) mass is 366 g/mol. The molecule has 0 radical (unpaired) electrons. The minimum absolute atomic E-state index is 0.534. The third-order valence-electron chi connectivity index (χ3n) is 2.22. The third-order valence-corrected chi connectivity index (χ3v) is 4.27. The van der Waals surface area contributed by atoms with Crippen LogP contribution >= 0.6 is 50.5 Å². The molecule has 3 nitrogen and oxygen atoms in total. The van der Waals surface area contributed by atoms with E-state index in [2.05, 4.69) is 26.2 Å². The fourth-order valence-corrected chi connectivity index (χ4v) is 3.15. The van der Waals surface area contributed by atoms with Crippen molar-refractivity contribution in [2.45, 2.75) is 6.54 Å². The summed E-state index contributed by atoms with van der Waals surface area (Å²) < 4.78 is 6.57. The van der Waals surface area contributed by atoms with Gasteiger partial charge in [0.25, 0.3) is 0 Å². The number of hydrogen-bond acceptors (Lipinski definition) is 4. The summed E-state index contributed by atoms with van der Waals surface area (Å²) in [6.07, 6.45) is 1.74. The Balaban J connectivity index is 2.13. The largest absolute Gasteiger partial charge is 0.495 e. The van der Waals surface area contributed by atoms with Crippen LogP contribution in [0, 0.1) is 0 Å². The first-order valence-corrected chi connectivity index (χ1v) is 7.34. The minimum Gasteiger partial charge on any atom is -0.495 e. The SMILES string of the molecule is COc1cc(NCc2cnc(Cl)s2)c(Cl)cc1Br. The average Bonchev–Trinajstić information content (AvgIpc) is 2.74. The first-order chi connectivity index (χ1) is 8.60. The molecule has 0 aliphatic heterocycles. The average molecular weight is 368 g/mol. The lowest BCUT2D eigenvalue weighted by molar-refractivity contribution is 0.412. The van der Waals surface area contributed by atoms with Gasteiger partial charge in [-0.2, -0.15) is 0 Å².